The number of halogens is 1. The molecule has 0 amide bonds. The van der Waals surface area contributed by atoms with Gasteiger partial charge < -0.3 is 9.47 Å². The lowest BCUT2D eigenvalue weighted by Crippen LogP contribution is -2.38. The van der Waals surface area contributed by atoms with E-state index < -0.39 is 0 Å². The third-order valence-corrected chi connectivity index (χ3v) is 8.60. The first-order chi connectivity index (χ1) is 17.6. The summed E-state index contributed by atoms with van der Waals surface area (Å²) >= 11 is 3.70. The second-order valence-electron chi connectivity index (χ2n) is 8.78. The van der Waals surface area contributed by atoms with Crippen LogP contribution in [-0.2, 0) is 6.42 Å². The quantitative estimate of drug-likeness (QED) is 0.310. The van der Waals surface area contributed by atoms with Crippen LogP contribution in [0.3, 0.4) is 0 Å². The highest BCUT2D eigenvalue weighted by Gasteiger charge is 2.32. The van der Waals surface area contributed by atoms with Crippen molar-refractivity contribution in [2.45, 2.75) is 18.9 Å². The number of benzene rings is 3. The first kappa shape index (κ1) is 23.2. The summed E-state index contributed by atoms with van der Waals surface area (Å²) in [4.78, 5) is 19.7. The Bertz CT molecular complexity index is 1700. The van der Waals surface area contributed by atoms with Gasteiger partial charge in [0.1, 0.15) is 11.5 Å². The highest BCUT2D eigenvalue weighted by Crippen LogP contribution is 2.41. The maximum Gasteiger partial charge on any atom is 0.271 e. The minimum atomic E-state index is -0.200. The molecule has 36 heavy (non-hydrogen) atoms. The molecule has 7 heteroatoms. The van der Waals surface area contributed by atoms with Crippen molar-refractivity contribution in [2.75, 3.05) is 14.2 Å². The first-order valence-electron chi connectivity index (χ1n) is 11.7. The van der Waals surface area contributed by atoms with Crippen LogP contribution in [0.2, 0.25) is 0 Å². The van der Waals surface area contributed by atoms with E-state index in [9.17, 15) is 4.79 Å². The number of nitrogens with zero attached hydrogens (tertiary/aromatic N) is 2. The van der Waals surface area contributed by atoms with Crippen LogP contribution in [0.1, 0.15) is 34.7 Å². The minimum absolute atomic E-state index is 0.0178. The number of hydrogen-bond donors (Lipinski definition) is 0. The molecule has 180 valence electrons. The second kappa shape index (κ2) is 9.37. The molecular weight excluding hydrogens is 583 g/mol. The molecule has 0 unspecified atom stereocenters. The Hall–Kier alpha value is -3.17. The zero-order chi connectivity index (χ0) is 24.8. The molecule has 2 aliphatic rings. The molecule has 0 N–H and O–H groups in total. The van der Waals surface area contributed by atoms with Gasteiger partial charge in [0.2, 0.25) is 0 Å². The Labute approximate surface area is 226 Å². The number of thiazole rings is 1. The van der Waals surface area contributed by atoms with E-state index in [4.69, 9.17) is 14.5 Å². The van der Waals surface area contributed by atoms with Gasteiger partial charge in [0.25, 0.3) is 5.56 Å². The maximum absolute atomic E-state index is 13.9. The molecule has 4 aromatic rings. The number of fused-ring (bicyclic) bond motifs is 3. The number of ether oxygens (including phenoxy) is 2. The van der Waals surface area contributed by atoms with Gasteiger partial charge in [0, 0.05) is 5.56 Å². The number of methoxy groups -OCH3 is 2. The fourth-order valence-corrected chi connectivity index (χ4v) is 6.79. The zero-order valence-corrected chi connectivity index (χ0v) is 22.8. The van der Waals surface area contributed by atoms with Crippen LogP contribution in [0.4, 0.5) is 0 Å². The van der Waals surface area contributed by atoms with Crippen molar-refractivity contribution in [3.05, 3.63) is 118 Å². The Kier molecular flexibility index (Phi) is 6.05. The SMILES string of the molecule is COc1ccc([C@H]2C3=C(N=c4s/c(=C\c5ccc(OC)c(I)c5)c(=O)n42)c2ccccc2CC3)cc1. The van der Waals surface area contributed by atoms with Crippen LogP contribution in [0.5, 0.6) is 11.5 Å². The molecular formula is C29H23IN2O3S. The Balaban J connectivity index is 1.58. The van der Waals surface area contributed by atoms with Crippen molar-refractivity contribution >= 4 is 45.7 Å². The first-order valence-corrected chi connectivity index (χ1v) is 13.6. The third kappa shape index (κ3) is 3.90. The van der Waals surface area contributed by atoms with Crippen molar-refractivity contribution in [1.82, 2.24) is 4.57 Å². The Morgan fingerprint density at radius 3 is 2.58 bits per heavy atom. The van der Waals surface area contributed by atoms with Gasteiger partial charge in [-0.3, -0.25) is 9.36 Å². The lowest BCUT2D eigenvalue weighted by molar-refractivity contribution is 0.412. The predicted octanol–water partition coefficient (Wildman–Crippen LogP) is 4.94. The van der Waals surface area contributed by atoms with E-state index in [1.807, 2.05) is 41.0 Å². The molecule has 0 spiro atoms. The van der Waals surface area contributed by atoms with E-state index >= 15 is 0 Å². The summed E-state index contributed by atoms with van der Waals surface area (Å²) < 4.78 is 14.3. The van der Waals surface area contributed by atoms with Gasteiger partial charge in [-0.15, -0.1) is 0 Å². The average molecular weight is 606 g/mol. The molecule has 1 aliphatic carbocycles. The van der Waals surface area contributed by atoms with Gasteiger partial charge in [-0.25, -0.2) is 4.99 Å². The summed E-state index contributed by atoms with van der Waals surface area (Å²) in [7, 11) is 3.32. The van der Waals surface area contributed by atoms with Crippen molar-refractivity contribution in [3.8, 4) is 11.5 Å². The number of allylic oxidation sites excluding steroid dienone is 1. The van der Waals surface area contributed by atoms with E-state index in [1.54, 1.807) is 14.2 Å². The van der Waals surface area contributed by atoms with Gasteiger partial charge >= 0.3 is 0 Å². The summed E-state index contributed by atoms with van der Waals surface area (Å²) in [5, 5.41) is 0. The molecule has 2 heterocycles. The van der Waals surface area contributed by atoms with Crippen LogP contribution in [0.15, 0.2) is 82.1 Å². The highest BCUT2D eigenvalue weighted by atomic mass is 127. The largest absolute Gasteiger partial charge is 0.497 e. The normalized spacial score (nSPS) is 16.6. The minimum Gasteiger partial charge on any atom is -0.497 e. The van der Waals surface area contributed by atoms with Crippen LogP contribution in [-0.4, -0.2) is 18.8 Å². The average Bonchev–Trinajstić information content (AvgIpc) is 3.22. The van der Waals surface area contributed by atoms with Gasteiger partial charge in [0.05, 0.1) is 34.1 Å². The predicted molar refractivity (Wildman–Crippen MR) is 151 cm³/mol. The molecule has 1 atom stereocenters. The topological polar surface area (TPSA) is 52.8 Å². The van der Waals surface area contributed by atoms with Crippen LogP contribution < -0.4 is 24.4 Å². The molecule has 5 nitrogen and oxygen atoms in total. The molecule has 1 aromatic heterocycles. The number of aromatic nitrogens is 1. The summed E-state index contributed by atoms with van der Waals surface area (Å²) in [6, 6.07) is 22.2. The maximum atomic E-state index is 13.9. The lowest BCUT2D eigenvalue weighted by atomic mass is 9.83. The van der Waals surface area contributed by atoms with Crippen LogP contribution in [0.25, 0.3) is 11.8 Å². The van der Waals surface area contributed by atoms with Gasteiger partial charge in [-0.1, -0.05) is 53.8 Å². The van der Waals surface area contributed by atoms with E-state index in [0.717, 1.165) is 49.5 Å². The third-order valence-electron chi connectivity index (χ3n) is 6.78. The van der Waals surface area contributed by atoms with Crippen molar-refractivity contribution in [2.24, 2.45) is 4.99 Å². The van der Waals surface area contributed by atoms with E-state index in [1.165, 1.54) is 28.0 Å². The Morgan fingerprint density at radius 2 is 1.83 bits per heavy atom. The molecule has 3 aromatic carbocycles. The molecule has 0 fully saturated rings. The van der Waals surface area contributed by atoms with E-state index in [0.29, 0.717) is 4.53 Å². The monoisotopic (exact) mass is 606 g/mol. The van der Waals surface area contributed by atoms with E-state index in [2.05, 4.69) is 59.0 Å². The van der Waals surface area contributed by atoms with Crippen LogP contribution in [0, 0.1) is 3.57 Å². The number of hydrogen-bond acceptors (Lipinski definition) is 5. The molecule has 0 saturated carbocycles. The Morgan fingerprint density at radius 1 is 1.03 bits per heavy atom. The molecule has 1 aliphatic heterocycles. The van der Waals surface area contributed by atoms with Crippen molar-refractivity contribution < 1.29 is 9.47 Å². The van der Waals surface area contributed by atoms with Crippen molar-refractivity contribution in [3.63, 3.8) is 0 Å². The summed E-state index contributed by atoms with van der Waals surface area (Å²) in [5.41, 5.74) is 6.67. The summed E-state index contributed by atoms with van der Waals surface area (Å²) in [6.45, 7) is 0. The summed E-state index contributed by atoms with van der Waals surface area (Å²) in [5.74, 6) is 1.61. The molecule has 0 bridgehead atoms. The number of aryl methyl sites for hydroxylation is 1. The second-order valence-corrected chi connectivity index (χ2v) is 11.0. The van der Waals surface area contributed by atoms with Gasteiger partial charge in [-0.05, 0) is 88.0 Å². The van der Waals surface area contributed by atoms with E-state index in [-0.39, 0.29) is 11.6 Å². The van der Waals surface area contributed by atoms with Crippen LogP contribution >= 0.6 is 33.9 Å². The molecule has 6 rings (SSSR count). The molecule has 0 radical (unpaired) electrons. The summed E-state index contributed by atoms with van der Waals surface area (Å²) in [6.07, 6.45) is 3.76. The number of rotatable bonds is 4. The van der Waals surface area contributed by atoms with Gasteiger partial charge in [0.15, 0.2) is 4.80 Å². The molecule has 0 saturated heterocycles. The fourth-order valence-electron chi connectivity index (χ4n) is 5.03. The smallest absolute Gasteiger partial charge is 0.271 e. The highest BCUT2D eigenvalue weighted by molar-refractivity contribution is 14.1. The lowest BCUT2D eigenvalue weighted by Gasteiger charge is -2.30. The fraction of sp³-hybridized carbons (Fsp3) is 0.172. The standard InChI is InChI=1S/C29H23IN2O3S/c1-34-20-11-8-19(9-12-20)27-22-13-10-18-5-3-4-6-21(18)26(22)31-29-32(27)28(33)25(36-29)16-17-7-14-24(35-2)23(30)15-17/h3-9,11-12,14-16,27H,10,13H2,1-2H3/b25-16-/t27-/m0/s1. The van der Waals surface area contributed by atoms with Crippen molar-refractivity contribution in [1.29, 1.82) is 0 Å². The zero-order valence-electron chi connectivity index (χ0n) is 19.8. The van der Waals surface area contributed by atoms with Gasteiger partial charge in [-0.2, -0.15) is 0 Å².